The van der Waals surface area contributed by atoms with E-state index in [4.69, 9.17) is 4.74 Å². The summed E-state index contributed by atoms with van der Waals surface area (Å²) in [6, 6.07) is -0.752. The second-order valence-corrected chi connectivity index (χ2v) is 8.28. The number of Topliss-reactive ketones (excluding diaryl/α,β-unsaturated/α-hetero) is 1. The fraction of sp³-hybridized carbons (Fsp3) is 0.824. The van der Waals surface area contributed by atoms with Crippen LogP contribution < -0.4 is 5.43 Å². The van der Waals surface area contributed by atoms with Gasteiger partial charge in [0.25, 0.3) is 0 Å². The number of thioether (sulfide) groups is 1. The van der Waals surface area contributed by atoms with E-state index in [-0.39, 0.29) is 29.6 Å². The molecule has 1 N–H and O–H groups in total. The summed E-state index contributed by atoms with van der Waals surface area (Å²) in [7, 11) is 0. The lowest BCUT2D eigenvalue weighted by Crippen LogP contribution is -2.55. The Balaban J connectivity index is 5.29. The lowest BCUT2D eigenvalue weighted by atomic mass is 10.2. The van der Waals surface area contributed by atoms with Crippen molar-refractivity contribution in [2.75, 3.05) is 18.9 Å². The Kier molecular flexibility index (Phi) is 11.0. The molecule has 1 unspecified atom stereocenters. The molecule has 0 saturated carbocycles. The van der Waals surface area contributed by atoms with Crippen LogP contribution >= 0.6 is 11.8 Å². The van der Waals surface area contributed by atoms with Gasteiger partial charge in [0.2, 0.25) is 5.91 Å². The van der Waals surface area contributed by atoms with Gasteiger partial charge in [-0.25, -0.2) is 10.2 Å². The van der Waals surface area contributed by atoms with Crippen LogP contribution in [0.5, 0.6) is 0 Å². The molecule has 0 fully saturated rings. The van der Waals surface area contributed by atoms with E-state index in [1.807, 2.05) is 27.7 Å². The number of esters is 1. The van der Waals surface area contributed by atoms with Crippen LogP contribution in [0.15, 0.2) is 0 Å². The van der Waals surface area contributed by atoms with Crippen molar-refractivity contribution in [1.29, 1.82) is 0 Å². The number of carbonyl (C=O) groups excluding carboxylic acids is 3. The first-order valence-corrected chi connectivity index (χ1v) is 9.52. The maximum atomic E-state index is 12.5. The van der Waals surface area contributed by atoms with Crippen LogP contribution in [-0.4, -0.2) is 52.4 Å². The highest BCUT2D eigenvalue weighted by Crippen LogP contribution is 2.25. The van der Waals surface area contributed by atoms with E-state index in [1.54, 1.807) is 25.6 Å². The Labute approximate surface area is 150 Å². The molecule has 0 aliphatic carbocycles. The SMILES string of the molecule is CCCC(=O)N(NCC(=O)CC)C(CSC(C)(C)C)C(=O)OCC. The number of nitrogens with one attached hydrogen (secondary N) is 1. The van der Waals surface area contributed by atoms with Crippen molar-refractivity contribution in [3.63, 3.8) is 0 Å². The van der Waals surface area contributed by atoms with Crippen LogP contribution in [0, 0.1) is 0 Å². The summed E-state index contributed by atoms with van der Waals surface area (Å²) in [5.41, 5.74) is 2.85. The van der Waals surface area contributed by atoms with Crippen LogP contribution in [0.4, 0.5) is 0 Å². The highest BCUT2D eigenvalue weighted by Gasteiger charge is 2.32. The summed E-state index contributed by atoms with van der Waals surface area (Å²) in [4.78, 5) is 36.4. The minimum atomic E-state index is -0.752. The first-order valence-electron chi connectivity index (χ1n) is 8.54. The molecule has 0 spiro atoms. The van der Waals surface area contributed by atoms with Crippen molar-refractivity contribution in [2.45, 2.75) is 71.6 Å². The smallest absolute Gasteiger partial charge is 0.331 e. The molecular weight excluding hydrogens is 328 g/mol. The maximum Gasteiger partial charge on any atom is 0.331 e. The molecule has 0 aliphatic rings. The number of amides is 1. The van der Waals surface area contributed by atoms with Crippen molar-refractivity contribution in [2.24, 2.45) is 0 Å². The van der Waals surface area contributed by atoms with E-state index < -0.39 is 12.0 Å². The van der Waals surface area contributed by atoms with E-state index in [9.17, 15) is 14.4 Å². The number of ether oxygens (including phenoxy) is 1. The van der Waals surface area contributed by atoms with Gasteiger partial charge < -0.3 is 4.74 Å². The molecule has 1 amide bonds. The Bertz CT molecular complexity index is 421. The number of rotatable bonds is 11. The summed E-state index contributed by atoms with van der Waals surface area (Å²) < 4.78 is 5.09. The number of ketones is 1. The van der Waals surface area contributed by atoms with Gasteiger partial charge in [0.05, 0.1) is 13.2 Å². The van der Waals surface area contributed by atoms with E-state index in [1.165, 1.54) is 5.01 Å². The summed E-state index contributed by atoms with van der Waals surface area (Å²) in [5.74, 6) is -0.259. The van der Waals surface area contributed by atoms with Gasteiger partial charge in [-0.05, 0) is 13.3 Å². The second-order valence-electron chi connectivity index (χ2n) is 6.43. The molecule has 0 aliphatic heterocycles. The zero-order valence-electron chi connectivity index (χ0n) is 15.8. The van der Waals surface area contributed by atoms with Crippen molar-refractivity contribution < 1.29 is 19.1 Å². The molecule has 0 bridgehead atoms. The summed E-state index contributed by atoms with van der Waals surface area (Å²) in [6.07, 6.45) is 1.35. The normalized spacial score (nSPS) is 12.6. The molecule has 0 saturated heterocycles. The molecule has 0 aromatic heterocycles. The molecule has 0 rings (SSSR count). The fourth-order valence-electron chi connectivity index (χ4n) is 1.82. The van der Waals surface area contributed by atoms with Crippen molar-refractivity contribution in [3.05, 3.63) is 0 Å². The second kappa shape index (κ2) is 11.5. The molecule has 0 radical (unpaired) electrons. The van der Waals surface area contributed by atoms with Crippen molar-refractivity contribution in [3.8, 4) is 0 Å². The highest BCUT2D eigenvalue weighted by molar-refractivity contribution is 8.00. The standard InChI is InChI=1S/C17H32N2O4S/c1-7-10-15(21)19(18-11-13(20)8-2)14(16(22)23-9-3)12-24-17(4,5)6/h14,18H,7-12H2,1-6H3. The molecule has 0 aromatic carbocycles. The first kappa shape index (κ1) is 22.9. The average Bonchev–Trinajstić information content (AvgIpc) is 2.49. The lowest BCUT2D eigenvalue weighted by Gasteiger charge is -2.32. The predicted molar refractivity (Wildman–Crippen MR) is 97.7 cm³/mol. The quantitative estimate of drug-likeness (QED) is 0.451. The molecule has 140 valence electrons. The van der Waals surface area contributed by atoms with Gasteiger partial charge >= 0.3 is 5.97 Å². The average molecular weight is 361 g/mol. The minimum absolute atomic E-state index is 0.0182. The van der Waals surface area contributed by atoms with Crippen LogP contribution in [0.2, 0.25) is 0 Å². The largest absolute Gasteiger partial charge is 0.464 e. The number of carbonyl (C=O) groups is 3. The van der Waals surface area contributed by atoms with Gasteiger partial charge in [-0.15, -0.1) is 0 Å². The van der Waals surface area contributed by atoms with Crippen molar-refractivity contribution in [1.82, 2.24) is 10.4 Å². The third kappa shape index (κ3) is 9.27. The fourth-order valence-corrected chi connectivity index (χ4v) is 2.76. The zero-order valence-corrected chi connectivity index (χ0v) is 16.6. The highest BCUT2D eigenvalue weighted by atomic mass is 32.2. The van der Waals surface area contributed by atoms with Gasteiger partial charge in [-0.1, -0.05) is 34.6 Å². The number of hydrogen-bond acceptors (Lipinski definition) is 6. The van der Waals surface area contributed by atoms with E-state index in [0.29, 0.717) is 25.0 Å². The number of hydrogen-bond donors (Lipinski definition) is 1. The summed E-state index contributed by atoms with van der Waals surface area (Å²) in [5, 5.41) is 1.30. The van der Waals surface area contributed by atoms with E-state index >= 15 is 0 Å². The van der Waals surface area contributed by atoms with Crippen LogP contribution in [0.25, 0.3) is 0 Å². The Morgan fingerprint density at radius 1 is 1.17 bits per heavy atom. The van der Waals surface area contributed by atoms with Gasteiger partial charge in [-0.2, -0.15) is 11.8 Å². The summed E-state index contributed by atoms with van der Waals surface area (Å²) in [6.45, 7) is 11.8. The molecular formula is C17H32N2O4S. The third-order valence-corrected chi connectivity index (χ3v) is 4.47. The van der Waals surface area contributed by atoms with E-state index in [2.05, 4.69) is 5.43 Å². The predicted octanol–water partition coefficient (Wildman–Crippen LogP) is 2.56. The van der Waals surface area contributed by atoms with Gasteiger partial charge in [0.1, 0.15) is 5.78 Å². The third-order valence-electron chi connectivity index (χ3n) is 3.12. The monoisotopic (exact) mass is 360 g/mol. The lowest BCUT2D eigenvalue weighted by molar-refractivity contribution is -0.156. The van der Waals surface area contributed by atoms with E-state index in [0.717, 1.165) is 0 Å². The van der Waals surface area contributed by atoms with Crippen LogP contribution in [0.3, 0.4) is 0 Å². The molecule has 1 atom stereocenters. The number of nitrogens with zero attached hydrogens (tertiary/aromatic N) is 1. The Morgan fingerprint density at radius 3 is 2.25 bits per heavy atom. The topological polar surface area (TPSA) is 75.7 Å². The maximum absolute atomic E-state index is 12.5. The van der Waals surface area contributed by atoms with Gasteiger partial charge in [0, 0.05) is 23.3 Å². The van der Waals surface area contributed by atoms with Crippen LogP contribution in [0.1, 0.15) is 60.8 Å². The summed E-state index contributed by atoms with van der Waals surface area (Å²) >= 11 is 1.58. The number of hydrazine groups is 1. The molecule has 0 aromatic rings. The molecule has 7 heteroatoms. The zero-order chi connectivity index (χ0) is 18.8. The Morgan fingerprint density at radius 2 is 1.79 bits per heavy atom. The van der Waals surface area contributed by atoms with Crippen molar-refractivity contribution >= 4 is 29.4 Å². The molecule has 6 nitrogen and oxygen atoms in total. The molecule has 24 heavy (non-hydrogen) atoms. The van der Waals surface area contributed by atoms with Gasteiger partial charge in [0.15, 0.2) is 6.04 Å². The molecule has 0 heterocycles. The Hall–Kier alpha value is -1.08. The first-order chi connectivity index (χ1) is 11.2. The minimum Gasteiger partial charge on any atom is -0.464 e. The van der Waals surface area contributed by atoms with Gasteiger partial charge in [-0.3, -0.25) is 14.6 Å². The van der Waals surface area contributed by atoms with Crippen LogP contribution in [-0.2, 0) is 19.1 Å².